The van der Waals surface area contributed by atoms with Crippen molar-refractivity contribution in [1.29, 1.82) is 0 Å². The molecule has 3 N–H and O–H groups in total. The van der Waals surface area contributed by atoms with Crippen LogP contribution in [-0.2, 0) is 20.8 Å². The van der Waals surface area contributed by atoms with Crippen molar-refractivity contribution in [3.63, 3.8) is 0 Å². The predicted molar refractivity (Wildman–Crippen MR) is 70.0 cm³/mol. The Hall–Kier alpha value is -2.90. The number of hydrogen-bond donors (Lipinski definition) is 3. The monoisotopic (exact) mass is 292 g/mol. The summed E-state index contributed by atoms with van der Waals surface area (Å²) in [5.41, 5.74) is 1.34. The van der Waals surface area contributed by atoms with Gasteiger partial charge >= 0.3 is 11.9 Å². The smallest absolute Gasteiger partial charge is 0.323 e. The standard InChI is InChI=1S/C13H12N2O6/c16-10-4-7-1-2-8(3-9(7)14-10)13(21)15(5-11(17)18)6-12(19)20/h1-3H,4-6H2,(H,14,16)(H,17,18)(H,19,20). The van der Waals surface area contributed by atoms with Crippen molar-refractivity contribution in [2.24, 2.45) is 0 Å². The molecule has 0 saturated carbocycles. The first-order valence-electron chi connectivity index (χ1n) is 6.02. The number of aliphatic carboxylic acids is 2. The molecule has 0 bridgehead atoms. The molecule has 2 amide bonds. The quantitative estimate of drug-likeness (QED) is 0.690. The Morgan fingerprint density at radius 2 is 1.76 bits per heavy atom. The molecule has 0 spiro atoms. The molecule has 1 aliphatic rings. The molecular formula is C13H12N2O6. The molecule has 1 aromatic rings. The van der Waals surface area contributed by atoms with Crippen molar-refractivity contribution in [2.45, 2.75) is 6.42 Å². The minimum absolute atomic E-state index is 0.124. The molecule has 8 heteroatoms. The van der Waals surface area contributed by atoms with E-state index in [1.165, 1.54) is 12.1 Å². The lowest BCUT2D eigenvalue weighted by atomic mass is 10.1. The van der Waals surface area contributed by atoms with Gasteiger partial charge in [0.15, 0.2) is 0 Å². The third kappa shape index (κ3) is 3.35. The molecule has 0 aromatic heterocycles. The zero-order chi connectivity index (χ0) is 15.6. The largest absolute Gasteiger partial charge is 0.480 e. The van der Waals surface area contributed by atoms with Gasteiger partial charge in [-0.15, -0.1) is 0 Å². The molecule has 0 unspecified atom stereocenters. The van der Waals surface area contributed by atoms with E-state index in [1.807, 2.05) is 0 Å². The number of carboxylic acids is 2. The third-order valence-electron chi connectivity index (χ3n) is 2.92. The highest BCUT2D eigenvalue weighted by atomic mass is 16.4. The van der Waals surface area contributed by atoms with Gasteiger partial charge in [-0.3, -0.25) is 19.2 Å². The fourth-order valence-corrected chi connectivity index (χ4v) is 2.06. The van der Waals surface area contributed by atoms with Crippen LogP contribution in [0, 0.1) is 0 Å². The average Bonchev–Trinajstić information content (AvgIpc) is 2.74. The lowest BCUT2D eigenvalue weighted by Gasteiger charge is -2.18. The summed E-state index contributed by atoms with van der Waals surface area (Å²) in [5.74, 6) is -3.52. The van der Waals surface area contributed by atoms with Crippen molar-refractivity contribution in [1.82, 2.24) is 4.90 Å². The van der Waals surface area contributed by atoms with Crippen LogP contribution in [0.3, 0.4) is 0 Å². The van der Waals surface area contributed by atoms with Crippen LogP contribution in [0.4, 0.5) is 5.69 Å². The van der Waals surface area contributed by atoms with Gasteiger partial charge in [0.2, 0.25) is 5.91 Å². The van der Waals surface area contributed by atoms with Gasteiger partial charge in [0.1, 0.15) is 13.1 Å². The lowest BCUT2D eigenvalue weighted by molar-refractivity contribution is -0.140. The highest BCUT2D eigenvalue weighted by molar-refractivity contribution is 6.03. The van der Waals surface area contributed by atoms with Crippen LogP contribution < -0.4 is 5.32 Å². The summed E-state index contributed by atoms with van der Waals surface area (Å²) < 4.78 is 0. The number of rotatable bonds is 5. The van der Waals surface area contributed by atoms with E-state index in [0.717, 1.165) is 5.56 Å². The maximum atomic E-state index is 12.2. The molecular weight excluding hydrogens is 280 g/mol. The third-order valence-corrected chi connectivity index (χ3v) is 2.92. The van der Waals surface area contributed by atoms with Gasteiger partial charge < -0.3 is 20.4 Å². The fraction of sp³-hybridized carbons (Fsp3) is 0.231. The normalized spacial score (nSPS) is 12.5. The summed E-state index contributed by atoms with van der Waals surface area (Å²) in [6, 6.07) is 4.44. The minimum Gasteiger partial charge on any atom is -0.480 e. The van der Waals surface area contributed by atoms with Crippen LogP contribution in [0.15, 0.2) is 18.2 Å². The second kappa shape index (κ2) is 5.61. The molecule has 8 nitrogen and oxygen atoms in total. The Morgan fingerprint density at radius 3 is 2.33 bits per heavy atom. The van der Waals surface area contributed by atoms with Crippen molar-refractivity contribution in [2.75, 3.05) is 18.4 Å². The van der Waals surface area contributed by atoms with Gasteiger partial charge in [-0.2, -0.15) is 0 Å². The first-order chi connectivity index (χ1) is 9.86. The van der Waals surface area contributed by atoms with Crippen LogP contribution in [0.2, 0.25) is 0 Å². The Kier molecular flexibility index (Phi) is 3.88. The summed E-state index contributed by atoms with van der Waals surface area (Å²) in [5, 5.41) is 20.0. The highest BCUT2D eigenvalue weighted by Gasteiger charge is 2.24. The molecule has 2 rings (SSSR count). The zero-order valence-electron chi connectivity index (χ0n) is 10.8. The molecule has 1 aliphatic heterocycles. The van der Waals surface area contributed by atoms with Gasteiger partial charge in [0, 0.05) is 11.3 Å². The summed E-state index contributed by atoms with van der Waals surface area (Å²) >= 11 is 0. The van der Waals surface area contributed by atoms with E-state index in [2.05, 4.69) is 5.32 Å². The van der Waals surface area contributed by atoms with E-state index in [9.17, 15) is 19.2 Å². The summed E-state index contributed by atoms with van der Waals surface area (Å²) in [7, 11) is 0. The number of carbonyl (C=O) groups is 4. The Balaban J connectivity index is 2.24. The number of hydrogen-bond acceptors (Lipinski definition) is 4. The second-order valence-electron chi connectivity index (χ2n) is 4.55. The number of carboxylic acid groups (broad SMARTS) is 2. The van der Waals surface area contributed by atoms with E-state index >= 15 is 0 Å². The van der Waals surface area contributed by atoms with E-state index in [4.69, 9.17) is 10.2 Å². The molecule has 0 radical (unpaired) electrons. The summed E-state index contributed by atoms with van der Waals surface area (Å²) in [4.78, 5) is 45.6. The minimum atomic E-state index is -1.31. The fourth-order valence-electron chi connectivity index (χ4n) is 2.06. The van der Waals surface area contributed by atoms with Crippen LogP contribution >= 0.6 is 0 Å². The number of nitrogens with zero attached hydrogens (tertiary/aromatic N) is 1. The van der Waals surface area contributed by atoms with E-state index in [0.29, 0.717) is 10.6 Å². The summed E-state index contributed by atoms with van der Waals surface area (Å²) in [6.45, 7) is -1.43. The highest BCUT2D eigenvalue weighted by Crippen LogP contribution is 2.24. The van der Waals surface area contributed by atoms with E-state index < -0.39 is 30.9 Å². The number of amides is 2. The van der Waals surface area contributed by atoms with E-state index in [-0.39, 0.29) is 17.9 Å². The number of carbonyl (C=O) groups excluding carboxylic acids is 2. The Morgan fingerprint density at radius 1 is 1.14 bits per heavy atom. The number of nitrogens with one attached hydrogen (secondary N) is 1. The van der Waals surface area contributed by atoms with E-state index in [1.54, 1.807) is 6.07 Å². The van der Waals surface area contributed by atoms with Gasteiger partial charge in [-0.1, -0.05) is 6.07 Å². The topological polar surface area (TPSA) is 124 Å². The number of benzene rings is 1. The molecule has 0 aliphatic carbocycles. The molecule has 0 fully saturated rings. The van der Waals surface area contributed by atoms with Crippen LogP contribution in [0.5, 0.6) is 0 Å². The van der Waals surface area contributed by atoms with Gasteiger partial charge in [0.05, 0.1) is 6.42 Å². The first kappa shape index (κ1) is 14.5. The summed E-state index contributed by atoms with van der Waals surface area (Å²) in [6.07, 6.45) is 0.220. The molecule has 110 valence electrons. The maximum absolute atomic E-state index is 12.2. The number of anilines is 1. The van der Waals surface area contributed by atoms with Gasteiger partial charge in [-0.25, -0.2) is 0 Å². The van der Waals surface area contributed by atoms with Crippen molar-refractivity contribution in [3.05, 3.63) is 29.3 Å². The van der Waals surface area contributed by atoms with Crippen molar-refractivity contribution >= 4 is 29.4 Å². The molecule has 1 heterocycles. The SMILES string of the molecule is O=C(O)CN(CC(=O)O)C(=O)c1ccc2c(c1)NC(=O)C2. The van der Waals surface area contributed by atoms with Crippen LogP contribution in [0.1, 0.15) is 15.9 Å². The molecule has 21 heavy (non-hydrogen) atoms. The van der Waals surface area contributed by atoms with Crippen LogP contribution in [-0.4, -0.2) is 52.0 Å². The first-order valence-corrected chi connectivity index (χ1v) is 6.02. The second-order valence-corrected chi connectivity index (χ2v) is 4.55. The van der Waals surface area contributed by atoms with Crippen LogP contribution in [0.25, 0.3) is 0 Å². The average molecular weight is 292 g/mol. The molecule has 1 aromatic carbocycles. The zero-order valence-corrected chi connectivity index (χ0v) is 10.8. The number of fused-ring (bicyclic) bond motifs is 1. The lowest BCUT2D eigenvalue weighted by Crippen LogP contribution is -2.39. The Bertz CT molecular complexity index is 624. The van der Waals surface area contributed by atoms with Gasteiger partial charge in [-0.05, 0) is 17.7 Å². The van der Waals surface area contributed by atoms with Gasteiger partial charge in [0.25, 0.3) is 5.91 Å². The predicted octanol–water partition coefficient (Wildman–Crippen LogP) is -0.207. The maximum Gasteiger partial charge on any atom is 0.323 e. The van der Waals surface area contributed by atoms with Crippen molar-refractivity contribution in [3.8, 4) is 0 Å². The van der Waals surface area contributed by atoms with Crippen molar-refractivity contribution < 1.29 is 29.4 Å². The molecule has 0 atom stereocenters. The Labute approximate surface area is 119 Å². The molecule has 0 saturated heterocycles.